The van der Waals surface area contributed by atoms with E-state index < -0.39 is 36.6 Å². The fourth-order valence-corrected chi connectivity index (χ4v) is 0. The fourth-order valence-electron chi connectivity index (χ4n) is 0. The molecule has 0 amide bonds. The molecule has 0 rings (SSSR count). The lowest BCUT2D eigenvalue weighted by atomic mass is 10.3. The van der Waals surface area contributed by atoms with Crippen molar-refractivity contribution in [3.63, 3.8) is 0 Å². The minimum atomic E-state index is -2.92. The van der Waals surface area contributed by atoms with Gasteiger partial charge < -0.3 is 168 Å². The summed E-state index contributed by atoms with van der Waals surface area (Å²) in [5.74, 6) is 0. The van der Waals surface area contributed by atoms with Crippen molar-refractivity contribution in [3.8, 4) is 0 Å². The van der Waals surface area contributed by atoms with E-state index in [4.69, 9.17) is 75.4 Å². The van der Waals surface area contributed by atoms with Crippen molar-refractivity contribution in [2.24, 2.45) is 0 Å². The summed E-state index contributed by atoms with van der Waals surface area (Å²) >= 11 is 0. The molecule has 35 heteroatoms. The van der Waals surface area contributed by atoms with Crippen molar-refractivity contribution in [2.75, 3.05) is 0 Å². The Morgan fingerprint density at radius 1 is 0.143 bits per heavy atom. The topological polar surface area (TPSA) is 893 Å². The maximum Gasteiger partial charge on any atom is -0.278 e. The highest BCUT2D eigenvalue weighted by Gasteiger charge is 1.18. The highest BCUT2D eigenvalue weighted by Crippen LogP contribution is 1.01. The molecule has 30 nitrogen and oxygen atoms in total. The lowest BCUT2D eigenvalue weighted by molar-refractivity contribution is -0.481. The molecule has 0 unspecified atom stereocenters. The van der Waals surface area contributed by atoms with Crippen LogP contribution in [0.25, 0.3) is 0 Å². The third-order valence-corrected chi connectivity index (χ3v) is 0. The zero-order valence-corrected chi connectivity index (χ0v) is 24.0. The highest BCUT2D eigenvalue weighted by molar-refractivity contribution is 6.24. The molecule has 0 saturated heterocycles. The van der Waals surface area contributed by atoms with Crippen LogP contribution in [0.5, 0.6) is 0 Å². The molecule has 0 aliphatic rings. The summed E-state index contributed by atoms with van der Waals surface area (Å²) in [6.45, 7) is 0. The quantitative estimate of drug-likeness (QED) is 0.121. The van der Waals surface area contributed by atoms with E-state index in [1.54, 1.807) is 0 Å². The van der Waals surface area contributed by atoms with Crippen LogP contribution in [0.3, 0.4) is 0 Å². The maximum atomic E-state index is 8.42. The Hall–Kier alpha value is -0.875. The van der Waals surface area contributed by atoms with E-state index >= 15 is 0 Å². The zero-order valence-electron chi connectivity index (χ0n) is 24.0. The summed E-state index contributed by atoms with van der Waals surface area (Å²) in [6, 6.07) is 0. The lowest BCUT2D eigenvalue weighted by Crippen LogP contribution is -2.56. The van der Waals surface area contributed by atoms with E-state index in [9.17, 15) is 0 Å². The van der Waals surface area contributed by atoms with Crippen LogP contribution in [0.1, 0.15) is 0 Å². The summed E-state index contributed by atoms with van der Waals surface area (Å²) < 4.78 is 0. The first-order valence-corrected chi connectivity index (χ1v) is 3.54. The van der Waals surface area contributed by atoms with Crippen molar-refractivity contribution in [1.29, 1.82) is 0 Å². The van der Waals surface area contributed by atoms with E-state index in [0.717, 1.165) is 0 Å². The van der Waals surface area contributed by atoms with Gasteiger partial charge >= 0.3 is 0 Å². The summed E-state index contributed by atoms with van der Waals surface area (Å²) in [4.78, 5) is 0. The Kier molecular flexibility index (Phi) is 919. The largest absolute Gasteiger partial charge is 0.907 e. The maximum absolute atomic E-state index is 8.42. The van der Waals surface area contributed by atoms with E-state index in [-0.39, 0.29) is 92.3 Å². The van der Waals surface area contributed by atoms with Crippen LogP contribution >= 0.6 is 0 Å². The number of hydrogen-bond acceptors (Lipinski definition) is 15. The second-order valence-electron chi connectivity index (χ2n) is 1.44. The van der Waals surface area contributed by atoms with Gasteiger partial charge in [-0.2, -0.15) is 0 Å². The first kappa shape index (κ1) is 188. The van der Waals surface area contributed by atoms with Crippen LogP contribution < -0.4 is 168 Å². The van der Waals surface area contributed by atoms with Crippen LogP contribution in [-0.4, -0.2) is 36.6 Å². The molecule has 0 aromatic rings. The van der Waals surface area contributed by atoms with Gasteiger partial charge in [0.25, 0.3) is 0 Å². The molecule has 35 heavy (non-hydrogen) atoms. The monoisotopic (exact) mass is 565 g/mol. The van der Waals surface area contributed by atoms with Crippen LogP contribution in [0.15, 0.2) is 0 Å². The minimum Gasteiger partial charge on any atom is -0.907 e. The van der Waals surface area contributed by atoms with Gasteiger partial charge in [0.2, 0.25) is 0 Å². The van der Waals surface area contributed by atoms with Gasteiger partial charge in [-0.25, -0.2) is 0 Å². The molecule has 60 N–H and O–H groups in total. The van der Waals surface area contributed by atoms with Crippen molar-refractivity contribution in [3.05, 3.63) is 0 Å². The van der Waals surface area contributed by atoms with Crippen LogP contribution in [0, 0.1) is 0 Å². The zero-order chi connectivity index (χ0) is 17.9. The van der Waals surface area contributed by atoms with E-state index in [1.807, 2.05) is 0 Å². The van der Waals surface area contributed by atoms with Gasteiger partial charge in [-0.05, 0) is 0 Å². The molecule has 0 atom stereocenters. The molecule has 0 fully saturated rings. The Labute approximate surface area is 205 Å². The van der Waals surface area contributed by atoms with Crippen molar-refractivity contribution in [1.82, 2.24) is 92.3 Å². The lowest BCUT2D eigenvalue weighted by Gasteiger charge is -2.35. The normalized spacial score (nSPS) is 3.86. The highest BCUT2D eigenvalue weighted by atomic mass is 16.5. The molecule has 0 heterocycles. The summed E-state index contributed by atoms with van der Waals surface area (Å²) in [7, 11) is -14.6. The van der Waals surface area contributed by atoms with E-state index in [2.05, 4.69) is 0 Å². The summed E-state index contributed by atoms with van der Waals surface area (Å²) in [6.07, 6.45) is 0. The second-order valence-corrected chi connectivity index (χ2v) is 1.44. The second kappa shape index (κ2) is 171. The third kappa shape index (κ3) is 41900. The van der Waals surface area contributed by atoms with Crippen molar-refractivity contribution in [2.45, 2.75) is 0 Å². The molecule has 0 bridgehead atoms. The summed E-state index contributed by atoms with van der Waals surface area (Å²) in [5.41, 5.74) is 0. The third-order valence-electron chi connectivity index (χ3n) is 0. The molecule has 0 aliphatic heterocycles. The van der Waals surface area contributed by atoms with Crippen LogP contribution in [0.2, 0.25) is 0 Å². The molecule has 0 aliphatic carbocycles. The predicted octanol–water partition coefficient (Wildman–Crippen LogP) is -14.1. The Balaban J connectivity index is -0.00000000403. The Morgan fingerprint density at radius 3 is 0.143 bits per heavy atom. The Morgan fingerprint density at radius 2 is 0.143 bits per heavy atom. The minimum absolute atomic E-state index is 0. The van der Waals surface area contributed by atoms with Crippen molar-refractivity contribution >= 4 is 36.6 Å². The van der Waals surface area contributed by atoms with Gasteiger partial charge in [0.05, 0.1) is 0 Å². The molecule has 0 aromatic heterocycles. The smallest absolute Gasteiger partial charge is 0.278 e. The van der Waals surface area contributed by atoms with Gasteiger partial charge in [-0.1, -0.05) is 0 Å². The van der Waals surface area contributed by atoms with Gasteiger partial charge in [0, 0.05) is 0 Å². The molecule has 240 valence electrons. The average Bonchev–Trinajstić information content (AvgIpc) is 1.94. The standard InChI is InChI=1S/5BO3.15H3N/c5*2-1(3)4;;;;;;;;;;;;;;;/h;;;;;15*1H3/q5*-3;;;;;;;;;;;;;;;/p+15. The number of quaternary nitrogens is 15. The fraction of sp³-hybridized carbons (Fsp3) is 0. The molecule has 0 spiro atoms. The van der Waals surface area contributed by atoms with Crippen molar-refractivity contribution < 1.29 is 75.4 Å². The molecule has 0 saturated carbocycles. The predicted molar refractivity (Wildman–Crippen MR) is 119 cm³/mol. The van der Waals surface area contributed by atoms with Gasteiger partial charge in [-0.15, -0.1) is 0 Å². The molecule has 0 aromatic carbocycles. The van der Waals surface area contributed by atoms with E-state index in [0.29, 0.717) is 0 Å². The number of hydrogen-bond donors (Lipinski definition) is 15. The first-order valence-electron chi connectivity index (χ1n) is 3.54. The molecular formula is H60B5N15O15. The van der Waals surface area contributed by atoms with Gasteiger partial charge in [0.1, 0.15) is 0 Å². The number of rotatable bonds is 0. The average molecular weight is 565 g/mol. The van der Waals surface area contributed by atoms with E-state index in [1.165, 1.54) is 0 Å². The van der Waals surface area contributed by atoms with Crippen LogP contribution in [0.4, 0.5) is 0 Å². The molecule has 0 radical (unpaired) electrons. The Bertz CT molecular complexity index is 109. The summed E-state index contributed by atoms with van der Waals surface area (Å²) in [5, 5.41) is 126. The molecular weight excluding hydrogens is 504 g/mol. The SMILES string of the molecule is [NH4+].[NH4+].[NH4+].[NH4+].[NH4+].[NH4+].[NH4+].[NH4+].[NH4+].[NH4+].[NH4+].[NH4+].[NH4+].[NH4+].[NH4+].[O-]B([O-])[O-].[O-]B([O-])[O-].[O-]B([O-])[O-].[O-]B([O-])[O-].[O-]B([O-])[O-]. The van der Waals surface area contributed by atoms with Crippen LogP contribution in [-0.2, 0) is 0 Å². The van der Waals surface area contributed by atoms with Gasteiger partial charge in [-0.3, -0.25) is 36.6 Å². The first-order chi connectivity index (χ1) is 8.66. The van der Waals surface area contributed by atoms with Gasteiger partial charge in [0.15, 0.2) is 0 Å².